The number of hydrogen-bond donors (Lipinski definition) is 1. The van der Waals surface area contributed by atoms with Gasteiger partial charge in [-0.2, -0.15) is 10.1 Å². The lowest BCUT2D eigenvalue weighted by Gasteiger charge is -2.09. The van der Waals surface area contributed by atoms with E-state index in [1.165, 1.54) is 0 Å². The number of nitrogens with one attached hydrogen (secondary N) is 1. The van der Waals surface area contributed by atoms with Gasteiger partial charge in [0.1, 0.15) is 22.7 Å². The summed E-state index contributed by atoms with van der Waals surface area (Å²) in [5.41, 5.74) is 0.365. The first kappa shape index (κ1) is 17.7. The van der Waals surface area contributed by atoms with Crippen LogP contribution in [-0.4, -0.2) is 33.3 Å². The Hall–Kier alpha value is -3.73. The normalized spacial score (nSPS) is 11.3. The minimum Gasteiger partial charge on any atom is -0.439 e. The number of benzene rings is 1. The summed E-state index contributed by atoms with van der Waals surface area (Å²) in [4.78, 5) is 8.51. The van der Waals surface area contributed by atoms with E-state index >= 15 is 0 Å². The van der Waals surface area contributed by atoms with Crippen LogP contribution in [0, 0.1) is 6.92 Å². The molecule has 0 spiro atoms. The van der Waals surface area contributed by atoms with Crippen molar-refractivity contribution in [2.45, 2.75) is 11.8 Å². The molecule has 4 rings (SSSR count). The topological polar surface area (TPSA) is 125 Å². The summed E-state index contributed by atoms with van der Waals surface area (Å²) in [5, 5.41) is 7.53. The van der Waals surface area contributed by atoms with Crippen LogP contribution < -0.4 is 9.46 Å². The van der Waals surface area contributed by atoms with Crippen molar-refractivity contribution in [3.63, 3.8) is 0 Å². The molecule has 3 aromatic heterocycles. The number of anilines is 1. The fraction of sp³-hybridized carbons (Fsp3) is 0.0588. The number of hydrogen-bond acceptors (Lipinski definition) is 8. The molecular weight excluding hydrogens is 384 g/mol. The molecule has 0 aliphatic heterocycles. The average Bonchev–Trinajstić information content (AvgIpc) is 3.37. The van der Waals surface area contributed by atoms with Crippen LogP contribution >= 0.6 is 0 Å². The molecule has 0 radical (unpaired) electrons. The number of ether oxygens (including phenoxy) is 1. The Bertz CT molecular complexity index is 1170. The quantitative estimate of drug-likeness (QED) is 0.525. The van der Waals surface area contributed by atoms with E-state index in [1.807, 2.05) is 0 Å². The first-order valence-electron chi connectivity index (χ1n) is 8.05. The van der Waals surface area contributed by atoms with Crippen molar-refractivity contribution in [2.75, 3.05) is 4.72 Å². The third kappa shape index (κ3) is 3.83. The van der Waals surface area contributed by atoms with Crippen LogP contribution in [-0.2, 0) is 10.0 Å². The van der Waals surface area contributed by atoms with Crippen molar-refractivity contribution in [3.8, 4) is 17.4 Å². The molecule has 28 heavy (non-hydrogen) atoms. The summed E-state index contributed by atoms with van der Waals surface area (Å²) in [6, 6.07) is 9.83. The monoisotopic (exact) mass is 398 g/mol. The van der Waals surface area contributed by atoms with E-state index in [0.29, 0.717) is 29.0 Å². The maximum Gasteiger partial charge on any atom is 0.266 e. The SMILES string of the molecule is Cc1nc(Oc2ccc(NS(=O)(=O)c3cnoc3)cc2)cc(-n2cccn2)n1. The highest BCUT2D eigenvalue weighted by Gasteiger charge is 2.16. The van der Waals surface area contributed by atoms with E-state index in [9.17, 15) is 8.42 Å². The first-order valence-corrected chi connectivity index (χ1v) is 9.54. The van der Waals surface area contributed by atoms with Gasteiger partial charge < -0.3 is 9.26 Å². The third-order valence-electron chi connectivity index (χ3n) is 3.59. The lowest BCUT2D eigenvalue weighted by molar-refractivity contribution is 0.417. The Morgan fingerprint density at radius 2 is 2.00 bits per heavy atom. The predicted octanol–water partition coefficient (Wildman–Crippen LogP) is 2.55. The van der Waals surface area contributed by atoms with Crippen molar-refractivity contribution in [2.24, 2.45) is 0 Å². The summed E-state index contributed by atoms with van der Waals surface area (Å²) in [7, 11) is -3.76. The second-order valence-corrected chi connectivity index (χ2v) is 7.34. The van der Waals surface area contributed by atoms with Gasteiger partial charge >= 0.3 is 0 Å². The smallest absolute Gasteiger partial charge is 0.266 e. The van der Waals surface area contributed by atoms with Gasteiger partial charge in [0.15, 0.2) is 5.82 Å². The Morgan fingerprint density at radius 3 is 2.68 bits per heavy atom. The molecule has 0 fully saturated rings. The van der Waals surface area contributed by atoms with Crippen LogP contribution in [0.2, 0.25) is 0 Å². The highest BCUT2D eigenvalue weighted by Crippen LogP contribution is 2.24. The minimum absolute atomic E-state index is 0.0598. The molecule has 0 bridgehead atoms. The highest BCUT2D eigenvalue weighted by molar-refractivity contribution is 7.92. The summed E-state index contributed by atoms with van der Waals surface area (Å²) < 4.78 is 38.7. The number of nitrogens with zero attached hydrogens (tertiary/aromatic N) is 5. The van der Waals surface area contributed by atoms with Gasteiger partial charge in [0.05, 0.1) is 6.20 Å². The lowest BCUT2D eigenvalue weighted by Crippen LogP contribution is -2.11. The van der Waals surface area contributed by atoms with Gasteiger partial charge in [-0.25, -0.2) is 18.1 Å². The molecule has 0 aliphatic carbocycles. The van der Waals surface area contributed by atoms with E-state index in [2.05, 4.69) is 29.5 Å². The Morgan fingerprint density at radius 1 is 1.18 bits per heavy atom. The number of aryl methyl sites for hydroxylation is 1. The zero-order valence-electron chi connectivity index (χ0n) is 14.6. The van der Waals surface area contributed by atoms with Gasteiger partial charge in [-0.15, -0.1) is 0 Å². The molecule has 0 saturated heterocycles. The molecule has 11 heteroatoms. The molecule has 142 valence electrons. The molecule has 1 aromatic carbocycles. The van der Waals surface area contributed by atoms with E-state index < -0.39 is 10.0 Å². The van der Waals surface area contributed by atoms with Crippen LogP contribution in [0.1, 0.15) is 5.82 Å². The highest BCUT2D eigenvalue weighted by atomic mass is 32.2. The van der Waals surface area contributed by atoms with Crippen molar-refractivity contribution in [3.05, 3.63) is 67.1 Å². The van der Waals surface area contributed by atoms with Gasteiger partial charge in [-0.05, 0) is 37.3 Å². The van der Waals surface area contributed by atoms with Crippen molar-refractivity contribution < 1.29 is 17.7 Å². The predicted molar refractivity (Wildman–Crippen MR) is 97.7 cm³/mol. The second kappa shape index (κ2) is 7.12. The molecular formula is C17H14N6O4S. The summed E-state index contributed by atoms with van der Waals surface area (Å²) >= 11 is 0. The van der Waals surface area contributed by atoms with E-state index in [1.54, 1.807) is 60.4 Å². The Labute approximate surface area is 159 Å². The van der Waals surface area contributed by atoms with Gasteiger partial charge in [0, 0.05) is 24.1 Å². The van der Waals surface area contributed by atoms with Gasteiger partial charge in [0.25, 0.3) is 10.0 Å². The maximum atomic E-state index is 12.2. The molecule has 4 aromatic rings. The van der Waals surface area contributed by atoms with Crippen LogP contribution in [0.3, 0.4) is 0 Å². The second-order valence-electron chi connectivity index (χ2n) is 5.65. The molecule has 0 saturated carbocycles. The Balaban J connectivity index is 1.51. The minimum atomic E-state index is -3.76. The third-order valence-corrected chi connectivity index (χ3v) is 4.92. The molecule has 3 heterocycles. The Kier molecular flexibility index (Phi) is 4.49. The largest absolute Gasteiger partial charge is 0.439 e. The summed E-state index contributed by atoms with van der Waals surface area (Å²) in [5.74, 6) is 1.93. The first-order chi connectivity index (χ1) is 13.5. The van der Waals surface area contributed by atoms with Crippen LogP contribution in [0.5, 0.6) is 11.6 Å². The maximum absolute atomic E-state index is 12.2. The zero-order chi connectivity index (χ0) is 19.6. The fourth-order valence-corrected chi connectivity index (χ4v) is 3.27. The van der Waals surface area contributed by atoms with Crippen LogP contribution in [0.25, 0.3) is 5.82 Å². The van der Waals surface area contributed by atoms with Crippen molar-refractivity contribution in [1.29, 1.82) is 0 Å². The summed E-state index contributed by atoms with van der Waals surface area (Å²) in [6.45, 7) is 1.75. The van der Waals surface area contributed by atoms with E-state index in [4.69, 9.17) is 4.74 Å². The molecule has 1 N–H and O–H groups in total. The van der Waals surface area contributed by atoms with E-state index in [0.717, 1.165) is 12.5 Å². The zero-order valence-corrected chi connectivity index (χ0v) is 15.4. The molecule has 0 unspecified atom stereocenters. The van der Waals surface area contributed by atoms with Crippen LogP contribution in [0.15, 0.2) is 70.7 Å². The molecule has 10 nitrogen and oxygen atoms in total. The fourth-order valence-electron chi connectivity index (χ4n) is 2.35. The lowest BCUT2D eigenvalue weighted by atomic mass is 10.3. The number of sulfonamides is 1. The molecule has 0 atom stereocenters. The van der Waals surface area contributed by atoms with E-state index in [-0.39, 0.29) is 4.90 Å². The van der Waals surface area contributed by atoms with Gasteiger partial charge in [-0.1, -0.05) is 5.16 Å². The van der Waals surface area contributed by atoms with Gasteiger partial charge in [0.2, 0.25) is 5.88 Å². The number of aromatic nitrogens is 5. The van der Waals surface area contributed by atoms with Crippen molar-refractivity contribution >= 4 is 15.7 Å². The molecule has 0 amide bonds. The summed E-state index contributed by atoms with van der Waals surface area (Å²) in [6.07, 6.45) is 5.59. The average molecular weight is 398 g/mol. The van der Waals surface area contributed by atoms with Crippen LogP contribution in [0.4, 0.5) is 5.69 Å². The standard InChI is InChI=1S/C17H14N6O4S/c1-12-20-16(23-8-2-7-18-23)9-17(21-12)27-14-5-3-13(4-6-14)22-28(24,25)15-10-19-26-11-15/h2-11,22H,1H3. The van der Waals surface area contributed by atoms with Gasteiger partial charge in [-0.3, -0.25) is 4.72 Å². The van der Waals surface area contributed by atoms with Crippen molar-refractivity contribution in [1.82, 2.24) is 24.9 Å². The number of rotatable bonds is 6. The molecule has 0 aliphatic rings.